The predicted octanol–water partition coefficient (Wildman–Crippen LogP) is 1.07. The average molecular weight is 219 g/mol. The first-order valence-electron chi connectivity index (χ1n) is 4.30. The van der Waals surface area contributed by atoms with Gasteiger partial charge in [0.1, 0.15) is 6.04 Å². The molecule has 0 spiro atoms. The van der Waals surface area contributed by atoms with Crippen LogP contribution in [0.3, 0.4) is 0 Å². The molecule has 4 nitrogen and oxygen atoms in total. The molecule has 0 bridgehead atoms. The minimum Gasteiger partial charge on any atom is -0.480 e. The Labute approximate surface area is 87.0 Å². The molecule has 0 aliphatic heterocycles. The van der Waals surface area contributed by atoms with Gasteiger partial charge in [0, 0.05) is 0 Å². The van der Waals surface area contributed by atoms with E-state index in [1.807, 2.05) is 0 Å². The summed E-state index contributed by atoms with van der Waals surface area (Å²) in [4.78, 5) is 10.7. The Kier molecular flexibility index (Phi) is 5.01. The normalized spacial score (nSPS) is 15.9. The van der Waals surface area contributed by atoms with Crippen LogP contribution in [0.15, 0.2) is 12.7 Å². The molecular formula is C9H17NO3S. The Bertz CT molecular complexity index is 245. The van der Waals surface area contributed by atoms with Crippen molar-refractivity contribution in [3.05, 3.63) is 12.7 Å². The van der Waals surface area contributed by atoms with Crippen LogP contribution < -0.4 is 4.72 Å². The summed E-state index contributed by atoms with van der Waals surface area (Å²) in [7, 11) is -1.37. The van der Waals surface area contributed by atoms with E-state index in [0.717, 1.165) is 0 Å². The Morgan fingerprint density at radius 3 is 2.43 bits per heavy atom. The number of carbonyl (C=O) groups is 1. The maximum absolute atomic E-state index is 11.6. The van der Waals surface area contributed by atoms with E-state index in [1.54, 1.807) is 20.8 Å². The largest absolute Gasteiger partial charge is 0.480 e. The molecule has 0 unspecified atom stereocenters. The second-order valence-corrected chi connectivity index (χ2v) is 5.91. The standard InChI is InChI=1S/C9H17NO3S/c1-5-6-7(8(11)12)10-14(13)9(2,3)4/h5,7,10H,1,6H2,2-4H3,(H,11,12)/t7-,14-/m1/s1. The molecule has 0 rings (SSSR count). The van der Waals surface area contributed by atoms with Gasteiger partial charge in [-0.25, -0.2) is 8.93 Å². The van der Waals surface area contributed by atoms with Gasteiger partial charge in [0.25, 0.3) is 0 Å². The van der Waals surface area contributed by atoms with Crippen molar-refractivity contribution < 1.29 is 14.1 Å². The van der Waals surface area contributed by atoms with Gasteiger partial charge in [-0.15, -0.1) is 6.58 Å². The number of nitrogens with one attached hydrogen (secondary N) is 1. The van der Waals surface area contributed by atoms with E-state index >= 15 is 0 Å². The third-order valence-electron chi connectivity index (χ3n) is 1.51. The van der Waals surface area contributed by atoms with Gasteiger partial charge in [0.2, 0.25) is 0 Å². The van der Waals surface area contributed by atoms with Crippen molar-refractivity contribution in [2.24, 2.45) is 0 Å². The van der Waals surface area contributed by atoms with E-state index in [4.69, 9.17) is 5.11 Å². The molecule has 0 saturated heterocycles. The fourth-order valence-electron chi connectivity index (χ4n) is 0.672. The molecule has 0 aromatic carbocycles. The Morgan fingerprint density at radius 1 is 1.64 bits per heavy atom. The SMILES string of the molecule is C=CC[C@@H](N[S@](=O)C(C)(C)C)C(=O)O. The second kappa shape index (κ2) is 5.26. The fraction of sp³-hybridized carbons (Fsp3) is 0.667. The zero-order chi connectivity index (χ0) is 11.4. The quantitative estimate of drug-likeness (QED) is 0.680. The zero-order valence-corrected chi connectivity index (χ0v) is 9.56. The second-order valence-electron chi connectivity index (χ2n) is 3.91. The number of rotatable bonds is 5. The van der Waals surface area contributed by atoms with Crippen molar-refractivity contribution in [1.82, 2.24) is 4.72 Å². The van der Waals surface area contributed by atoms with Crippen molar-refractivity contribution in [2.45, 2.75) is 38.0 Å². The van der Waals surface area contributed by atoms with E-state index < -0.39 is 27.7 Å². The summed E-state index contributed by atoms with van der Waals surface area (Å²) in [5, 5.41) is 8.77. The fourth-order valence-corrected chi connectivity index (χ4v) is 1.48. The van der Waals surface area contributed by atoms with Crippen LogP contribution in [0.1, 0.15) is 27.2 Å². The van der Waals surface area contributed by atoms with Gasteiger partial charge in [-0.05, 0) is 27.2 Å². The summed E-state index contributed by atoms with van der Waals surface area (Å²) < 4.78 is 13.7. The van der Waals surface area contributed by atoms with Gasteiger partial charge < -0.3 is 5.11 Å². The van der Waals surface area contributed by atoms with E-state index in [0.29, 0.717) is 0 Å². The van der Waals surface area contributed by atoms with Crippen molar-refractivity contribution in [3.63, 3.8) is 0 Å². The van der Waals surface area contributed by atoms with Crippen LogP contribution in [0.5, 0.6) is 0 Å². The Balaban J connectivity index is 4.38. The molecule has 0 aliphatic rings. The maximum atomic E-state index is 11.6. The summed E-state index contributed by atoms with van der Waals surface area (Å²) in [6.07, 6.45) is 1.75. The highest BCUT2D eigenvalue weighted by molar-refractivity contribution is 7.84. The van der Waals surface area contributed by atoms with E-state index in [-0.39, 0.29) is 6.42 Å². The lowest BCUT2D eigenvalue weighted by atomic mass is 10.2. The highest BCUT2D eigenvalue weighted by Gasteiger charge is 2.25. The van der Waals surface area contributed by atoms with Crippen LogP contribution in [-0.4, -0.2) is 26.1 Å². The Morgan fingerprint density at radius 2 is 2.14 bits per heavy atom. The molecule has 0 aromatic heterocycles. The molecular weight excluding hydrogens is 202 g/mol. The summed E-state index contributed by atoms with van der Waals surface area (Å²) in [6, 6.07) is -0.826. The van der Waals surface area contributed by atoms with Crippen LogP contribution >= 0.6 is 0 Å². The smallest absolute Gasteiger partial charge is 0.321 e. The summed E-state index contributed by atoms with van der Waals surface area (Å²) >= 11 is 0. The van der Waals surface area contributed by atoms with Crippen LogP contribution in [0.4, 0.5) is 0 Å². The van der Waals surface area contributed by atoms with Crippen molar-refractivity contribution in [1.29, 1.82) is 0 Å². The predicted molar refractivity (Wildman–Crippen MR) is 57.3 cm³/mol. The third kappa shape index (κ3) is 4.53. The summed E-state index contributed by atoms with van der Waals surface area (Å²) in [6.45, 7) is 8.79. The molecule has 0 amide bonds. The third-order valence-corrected chi connectivity index (χ3v) is 3.12. The van der Waals surface area contributed by atoms with Crippen LogP contribution in [0, 0.1) is 0 Å². The van der Waals surface area contributed by atoms with Gasteiger partial charge in [-0.1, -0.05) is 6.08 Å². The number of carboxylic acids is 1. The lowest BCUT2D eigenvalue weighted by Crippen LogP contribution is -2.43. The lowest BCUT2D eigenvalue weighted by molar-refractivity contribution is -0.138. The maximum Gasteiger partial charge on any atom is 0.321 e. The number of hydrogen-bond acceptors (Lipinski definition) is 2. The molecule has 0 fully saturated rings. The van der Waals surface area contributed by atoms with Crippen molar-refractivity contribution in [2.75, 3.05) is 0 Å². The molecule has 0 heterocycles. The minimum absolute atomic E-state index is 0.261. The molecule has 0 saturated carbocycles. The number of carboxylic acid groups (broad SMARTS) is 1. The van der Waals surface area contributed by atoms with Crippen LogP contribution in [-0.2, 0) is 15.8 Å². The van der Waals surface area contributed by atoms with E-state index in [2.05, 4.69) is 11.3 Å². The van der Waals surface area contributed by atoms with Crippen LogP contribution in [0.2, 0.25) is 0 Å². The monoisotopic (exact) mass is 219 g/mol. The van der Waals surface area contributed by atoms with E-state index in [1.165, 1.54) is 6.08 Å². The van der Waals surface area contributed by atoms with Gasteiger partial charge in [0.05, 0.1) is 15.7 Å². The molecule has 2 atom stereocenters. The lowest BCUT2D eigenvalue weighted by Gasteiger charge is -2.21. The van der Waals surface area contributed by atoms with Gasteiger partial charge >= 0.3 is 5.97 Å². The molecule has 0 aromatic rings. The highest BCUT2D eigenvalue weighted by Crippen LogP contribution is 2.10. The first-order valence-corrected chi connectivity index (χ1v) is 5.45. The minimum atomic E-state index is -1.37. The van der Waals surface area contributed by atoms with Gasteiger partial charge in [0.15, 0.2) is 0 Å². The molecule has 14 heavy (non-hydrogen) atoms. The Hall–Kier alpha value is -0.680. The van der Waals surface area contributed by atoms with Gasteiger partial charge in [-0.3, -0.25) is 4.79 Å². The zero-order valence-electron chi connectivity index (χ0n) is 8.74. The molecule has 0 aliphatic carbocycles. The first kappa shape index (κ1) is 13.3. The molecule has 5 heteroatoms. The number of aliphatic carboxylic acids is 1. The first-order chi connectivity index (χ1) is 6.29. The summed E-state index contributed by atoms with van der Waals surface area (Å²) in [5.41, 5.74) is 0. The van der Waals surface area contributed by atoms with Crippen molar-refractivity contribution in [3.8, 4) is 0 Å². The summed E-state index contributed by atoms with van der Waals surface area (Å²) in [5.74, 6) is -1.01. The number of hydrogen-bond donors (Lipinski definition) is 2. The molecule has 2 N–H and O–H groups in total. The molecule has 82 valence electrons. The topological polar surface area (TPSA) is 66.4 Å². The average Bonchev–Trinajstić information content (AvgIpc) is 2.01. The molecule has 0 radical (unpaired) electrons. The van der Waals surface area contributed by atoms with E-state index in [9.17, 15) is 9.00 Å². The van der Waals surface area contributed by atoms with Crippen LogP contribution in [0.25, 0.3) is 0 Å². The van der Waals surface area contributed by atoms with Gasteiger partial charge in [-0.2, -0.15) is 0 Å². The van der Waals surface area contributed by atoms with Crippen molar-refractivity contribution >= 4 is 17.0 Å². The highest BCUT2D eigenvalue weighted by atomic mass is 32.2.